The number of benzene rings is 2. The summed E-state index contributed by atoms with van der Waals surface area (Å²) in [7, 11) is 0. The lowest BCUT2D eigenvalue weighted by Crippen LogP contribution is -2.44. The molecule has 0 aromatic heterocycles. The van der Waals surface area contributed by atoms with E-state index in [1.807, 2.05) is 72.5 Å². The number of rotatable bonds is 8. The van der Waals surface area contributed by atoms with Gasteiger partial charge in [0, 0.05) is 39.3 Å². The first-order valence-corrected chi connectivity index (χ1v) is 10.9. The van der Waals surface area contributed by atoms with Crippen molar-refractivity contribution >= 4 is 17.4 Å². The van der Waals surface area contributed by atoms with E-state index in [-0.39, 0.29) is 11.8 Å². The Balaban J connectivity index is 1.63. The number of hydrogen-bond donors (Lipinski definition) is 0. The van der Waals surface area contributed by atoms with Crippen LogP contribution in [-0.4, -0.2) is 72.5 Å². The standard InChI is InChI=1S/C25H29N3O3/c1-2-27(19-20-9-5-3-6-10-20)23-22(21-11-7-4-8-12-21)24(29)28(25(23)30)14-13-26-15-17-31-18-16-26/h3-12H,2,13-19H2,1H3. The summed E-state index contributed by atoms with van der Waals surface area (Å²) < 4.78 is 5.40. The van der Waals surface area contributed by atoms with Gasteiger partial charge in [0.1, 0.15) is 5.70 Å². The van der Waals surface area contributed by atoms with E-state index in [2.05, 4.69) is 4.90 Å². The lowest BCUT2D eigenvalue weighted by atomic mass is 10.0. The molecule has 4 rings (SSSR count). The minimum absolute atomic E-state index is 0.199. The van der Waals surface area contributed by atoms with Crippen LogP contribution in [0.5, 0.6) is 0 Å². The van der Waals surface area contributed by atoms with E-state index in [0.29, 0.717) is 50.7 Å². The SMILES string of the molecule is CCN(Cc1ccccc1)C1=C(c2ccccc2)C(=O)N(CCN2CCOCC2)C1=O. The van der Waals surface area contributed by atoms with Crippen LogP contribution >= 0.6 is 0 Å². The molecule has 2 aromatic carbocycles. The Hall–Kier alpha value is -2.96. The van der Waals surface area contributed by atoms with Crippen LogP contribution < -0.4 is 0 Å². The van der Waals surface area contributed by atoms with Gasteiger partial charge < -0.3 is 9.64 Å². The number of likely N-dealkylation sites (N-methyl/N-ethyl adjacent to an activating group) is 1. The molecule has 0 unspecified atom stereocenters. The van der Waals surface area contributed by atoms with Crippen molar-refractivity contribution < 1.29 is 14.3 Å². The molecule has 0 aliphatic carbocycles. The molecule has 0 atom stereocenters. The number of carbonyl (C=O) groups excluding carboxylic acids is 2. The van der Waals surface area contributed by atoms with Gasteiger partial charge in [0.25, 0.3) is 11.8 Å². The number of hydrogen-bond acceptors (Lipinski definition) is 5. The van der Waals surface area contributed by atoms with E-state index in [1.54, 1.807) is 0 Å². The second-order valence-electron chi connectivity index (χ2n) is 7.81. The number of imide groups is 1. The third kappa shape index (κ3) is 4.70. The largest absolute Gasteiger partial charge is 0.379 e. The molecule has 0 saturated carbocycles. The maximum atomic E-state index is 13.5. The normalized spacial score (nSPS) is 17.5. The average Bonchev–Trinajstić information content (AvgIpc) is 3.07. The first kappa shape index (κ1) is 21.3. The van der Waals surface area contributed by atoms with E-state index in [1.165, 1.54) is 4.90 Å². The van der Waals surface area contributed by atoms with Gasteiger partial charge in [-0.05, 0) is 18.1 Å². The van der Waals surface area contributed by atoms with Crippen molar-refractivity contribution in [2.75, 3.05) is 45.9 Å². The zero-order chi connectivity index (χ0) is 21.6. The molecular formula is C25H29N3O3. The van der Waals surface area contributed by atoms with Gasteiger partial charge in [-0.2, -0.15) is 0 Å². The zero-order valence-electron chi connectivity index (χ0n) is 18.0. The summed E-state index contributed by atoms with van der Waals surface area (Å²) in [4.78, 5) is 32.7. The molecule has 2 aliphatic heterocycles. The summed E-state index contributed by atoms with van der Waals surface area (Å²) in [6.45, 7) is 7.35. The highest BCUT2D eigenvalue weighted by atomic mass is 16.5. The molecule has 0 N–H and O–H groups in total. The van der Waals surface area contributed by atoms with Crippen molar-refractivity contribution in [3.63, 3.8) is 0 Å². The van der Waals surface area contributed by atoms with E-state index in [0.717, 1.165) is 24.2 Å². The fourth-order valence-electron chi connectivity index (χ4n) is 4.14. The fraction of sp³-hybridized carbons (Fsp3) is 0.360. The molecule has 1 saturated heterocycles. The molecule has 2 aliphatic rings. The molecular weight excluding hydrogens is 390 g/mol. The molecule has 31 heavy (non-hydrogen) atoms. The van der Waals surface area contributed by atoms with Crippen molar-refractivity contribution in [1.82, 2.24) is 14.7 Å². The maximum absolute atomic E-state index is 13.5. The van der Waals surface area contributed by atoms with Crippen molar-refractivity contribution in [1.29, 1.82) is 0 Å². The molecule has 162 valence electrons. The van der Waals surface area contributed by atoms with Crippen LogP contribution in [0.4, 0.5) is 0 Å². The van der Waals surface area contributed by atoms with Crippen LogP contribution in [0.1, 0.15) is 18.1 Å². The van der Waals surface area contributed by atoms with Gasteiger partial charge in [0.15, 0.2) is 0 Å². The number of nitrogens with zero attached hydrogens (tertiary/aromatic N) is 3. The molecule has 1 fully saturated rings. The Morgan fingerprint density at radius 3 is 2.16 bits per heavy atom. The van der Waals surface area contributed by atoms with Crippen molar-refractivity contribution in [3.05, 3.63) is 77.5 Å². The summed E-state index contributed by atoms with van der Waals surface area (Å²) in [5.74, 6) is -0.402. The van der Waals surface area contributed by atoms with Crippen LogP contribution in [0.25, 0.3) is 5.57 Å². The number of amides is 2. The monoisotopic (exact) mass is 419 g/mol. The van der Waals surface area contributed by atoms with E-state index in [9.17, 15) is 9.59 Å². The van der Waals surface area contributed by atoms with Gasteiger partial charge in [-0.3, -0.25) is 19.4 Å². The minimum atomic E-state index is -0.203. The molecule has 0 spiro atoms. The van der Waals surface area contributed by atoms with E-state index in [4.69, 9.17) is 4.74 Å². The van der Waals surface area contributed by atoms with Crippen molar-refractivity contribution in [2.45, 2.75) is 13.5 Å². The first-order chi connectivity index (χ1) is 15.2. The third-order valence-electron chi connectivity index (χ3n) is 5.86. The molecule has 2 aromatic rings. The topological polar surface area (TPSA) is 53.1 Å². The lowest BCUT2D eigenvalue weighted by molar-refractivity contribution is -0.138. The van der Waals surface area contributed by atoms with E-state index < -0.39 is 0 Å². The summed E-state index contributed by atoms with van der Waals surface area (Å²) >= 11 is 0. The van der Waals surface area contributed by atoms with Crippen LogP contribution in [0.2, 0.25) is 0 Å². The second-order valence-corrected chi connectivity index (χ2v) is 7.81. The summed E-state index contributed by atoms with van der Waals surface area (Å²) in [6, 6.07) is 19.6. The Kier molecular flexibility index (Phi) is 6.79. The third-order valence-corrected chi connectivity index (χ3v) is 5.86. The summed E-state index contributed by atoms with van der Waals surface area (Å²) in [5, 5.41) is 0. The highest BCUT2D eigenvalue weighted by molar-refractivity contribution is 6.35. The smallest absolute Gasteiger partial charge is 0.277 e. The first-order valence-electron chi connectivity index (χ1n) is 10.9. The van der Waals surface area contributed by atoms with Crippen LogP contribution in [0.15, 0.2) is 66.4 Å². The molecule has 6 nitrogen and oxygen atoms in total. The van der Waals surface area contributed by atoms with Gasteiger partial charge in [0.05, 0.1) is 18.8 Å². The van der Waals surface area contributed by atoms with E-state index >= 15 is 0 Å². The lowest BCUT2D eigenvalue weighted by Gasteiger charge is -2.28. The number of ether oxygens (including phenoxy) is 1. The Labute approximate surface area is 183 Å². The maximum Gasteiger partial charge on any atom is 0.277 e. The van der Waals surface area contributed by atoms with Gasteiger partial charge >= 0.3 is 0 Å². The van der Waals surface area contributed by atoms with Gasteiger partial charge in [-0.15, -0.1) is 0 Å². The minimum Gasteiger partial charge on any atom is -0.379 e. The molecule has 0 radical (unpaired) electrons. The number of morpholine rings is 1. The van der Waals surface area contributed by atoms with Crippen LogP contribution in [0.3, 0.4) is 0 Å². The summed E-state index contributed by atoms with van der Waals surface area (Å²) in [5.41, 5.74) is 2.91. The van der Waals surface area contributed by atoms with Crippen molar-refractivity contribution in [2.24, 2.45) is 0 Å². The molecule has 2 amide bonds. The molecule has 2 heterocycles. The highest BCUT2D eigenvalue weighted by Crippen LogP contribution is 2.32. The molecule has 6 heteroatoms. The zero-order valence-corrected chi connectivity index (χ0v) is 18.0. The summed E-state index contributed by atoms with van der Waals surface area (Å²) in [6.07, 6.45) is 0. The average molecular weight is 420 g/mol. The number of carbonyl (C=O) groups is 2. The van der Waals surface area contributed by atoms with Gasteiger partial charge in [-0.25, -0.2) is 0 Å². The van der Waals surface area contributed by atoms with Gasteiger partial charge in [0.2, 0.25) is 0 Å². The Morgan fingerprint density at radius 1 is 0.871 bits per heavy atom. The predicted molar refractivity (Wildman–Crippen MR) is 120 cm³/mol. The Bertz CT molecular complexity index is 937. The Morgan fingerprint density at radius 2 is 1.52 bits per heavy atom. The van der Waals surface area contributed by atoms with Crippen molar-refractivity contribution in [3.8, 4) is 0 Å². The predicted octanol–water partition coefficient (Wildman–Crippen LogP) is 2.62. The van der Waals surface area contributed by atoms with Crippen LogP contribution in [-0.2, 0) is 20.9 Å². The van der Waals surface area contributed by atoms with Crippen LogP contribution in [0, 0.1) is 0 Å². The highest BCUT2D eigenvalue weighted by Gasteiger charge is 2.41. The quantitative estimate of drug-likeness (QED) is 0.616. The van der Waals surface area contributed by atoms with Gasteiger partial charge in [-0.1, -0.05) is 60.7 Å². The molecule has 0 bridgehead atoms. The second kappa shape index (κ2) is 9.90. The fourth-order valence-corrected chi connectivity index (χ4v) is 4.14.